The number of amides is 1. The Morgan fingerprint density at radius 2 is 2.24 bits per heavy atom. The number of carbonyl (C=O) groups is 1. The largest absolute Gasteiger partial charge is 0.367 e. The second-order valence-electron chi connectivity index (χ2n) is 5.38. The lowest BCUT2D eigenvalue weighted by molar-refractivity contribution is -0.126. The molecule has 3 rings (SSSR count). The van der Waals surface area contributed by atoms with Crippen LogP contribution in [0.5, 0.6) is 0 Å². The minimum absolute atomic E-state index is 0.0706. The molecule has 9 heteroatoms. The molecule has 3 aromatic rings. The Hall–Kier alpha value is -2.71. The van der Waals surface area contributed by atoms with Gasteiger partial charge in [-0.05, 0) is 23.6 Å². The van der Waals surface area contributed by atoms with Crippen molar-refractivity contribution in [3.8, 4) is 0 Å². The summed E-state index contributed by atoms with van der Waals surface area (Å²) in [4.78, 5) is 29.6. The van der Waals surface area contributed by atoms with E-state index in [2.05, 4.69) is 20.4 Å². The standard InChI is InChI=1S/C16H16ClN5O3/c17-13-7-21-22-8-12(6-20-16(13)22)2-4-19-15(24)10-25-9-11-1-3-18-14(23)5-11/h1,3,5-8H,2,4,9-10H2,(H,18,23)(H,19,24). The summed E-state index contributed by atoms with van der Waals surface area (Å²) in [6.45, 7) is 0.590. The fourth-order valence-electron chi connectivity index (χ4n) is 2.25. The van der Waals surface area contributed by atoms with Gasteiger partial charge in [-0.25, -0.2) is 9.50 Å². The average molecular weight is 362 g/mol. The van der Waals surface area contributed by atoms with Gasteiger partial charge in [0, 0.05) is 31.2 Å². The summed E-state index contributed by atoms with van der Waals surface area (Å²) in [5.74, 6) is -0.221. The normalized spacial score (nSPS) is 10.9. The van der Waals surface area contributed by atoms with Crippen LogP contribution in [0.4, 0.5) is 0 Å². The third-order valence-corrected chi connectivity index (χ3v) is 3.71. The third-order valence-electron chi connectivity index (χ3n) is 3.44. The van der Waals surface area contributed by atoms with Crippen molar-refractivity contribution in [3.63, 3.8) is 0 Å². The fourth-order valence-corrected chi connectivity index (χ4v) is 2.43. The maximum absolute atomic E-state index is 11.8. The monoisotopic (exact) mass is 361 g/mol. The summed E-state index contributed by atoms with van der Waals surface area (Å²) in [7, 11) is 0. The zero-order chi connectivity index (χ0) is 17.6. The Morgan fingerprint density at radius 1 is 1.36 bits per heavy atom. The van der Waals surface area contributed by atoms with Crippen molar-refractivity contribution in [2.75, 3.05) is 13.2 Å². The molecule has 130 valence electrons. The molecule has 0 fully saturated rings. The number of nitrogens with zero attached hydrogens (tertiary/aromatic N) is 3. The van der Waals surface area contributed by atoms with Crippen molar-refractivity contribution in [2.24, 2.45) is 0 Å². The molecule has 0 aliphatic heterocycles. The number of nitrogens with one attached hydrogen (secondary N) is 2. The summed E-state index contributed by atoms with van der Waals surface area (Å²) in [5, 5.41) is 7.35. The van der Waals surface area contributed by atoms with Gasteiger partial charge in [-0.2, -0.15) is 5.10 Å². The number of hydrogen-bond acceptors (Lipinski definition) is 5. The average Bonchev–Trinajstić information content (AvgIpc) is 2.96. The Morgan fingerprint density at radius 3 is 3.08 bits per heavy atom. The van der Waals surface area contributed by atoms with E-state index in [4.69, 9.17) is 16.3 Å². The molecular weight excluding hydrogens is 346 g/mol. The van der Waals surface area contributed by atoms with Gasteiger partial charge in [0.05, 0.1) is 12.8 Å². The minimum atomic E-state index is -0.221. The molecule has 0 unspecified atom stereocenters. The zero-order valence-corrected chi connectivity index (χ0v) is 14.0. The lowest BCUT2D eigenvalue weighted by Crippen LogP contribution is -2.29. The molecule has 3 heterocycles. The van der Waals surface area contributed by atoms with Crippen LogP contribution in [0, 0.1) is 0 Å². The zero-order valence-electron chi connectivity index (χ0n) is 13.2. The van der Waals surface area contributed by atoms with E-state index in [-0.39, 0.29) is 24.7 Å². The van der Waals surface area contributed by atoms with Crippen LogP contribution in [0.15, 0.2) is 41.7 Å². The van der Waals surface area contributed by atoms with Gasteiger partial charge in [0.15, 0.2) is 5.65 Å². The lowest BCUT2D eigenvalue weighted by Gasteiger charge is -2.06. The highest BCUT2D eigenvalue weighted by molar-refractivity contribution is 6.33. The first kappa shape index (κ1) is 17.1. The first-order chi connectivity index (χ1) is 12.1. The maximum atomic E-state index is 11.8. The van der Waals surface area contributed by atoms with Crippen molar-refractivity contribution in [1.29, 1.82) is 0 Å². The number of aromatic amines is 1. The van der Waals surface area contributed by atoms with E-state index in [1.807, 2.05) is 6.20 Å². The van der Waals surface area contributed by atoms with Crippen molar-refractivity contribution in [3.05, 3.63) is 63.4 Å². The molecule has 0 atom stereocenters. The van der Waals surface area contributed by atoms with Gasteiger partial charge in [0.1, 0.15) is 11.6 Å². The second kappa shape index (κ2) is 7.91. The van der Waals surface area contributed by atoms with E-state index in [9.17, 15) is 9.59 Å². The Balaban J connectivity index is 1.40. The number of aromatic nitrogens is 4. The van der Waals surface area contributed by atoms with Crippen LogP contribution >= 0.6 is 11.6 Å². The van der Waals surface area contributed by atoms with Crippen molar-refractivity contribution in [2.45, 2.75) is 13.0 Å². The molecule has 2 N–H and O–H groups in total. The number of ether oxygens (including phenoxy) is 1. The van der Waals surface area contributed by atoms with Gasteiger partial charge in [-0.3, -0.25) is 9.59 Å². The second-order valence-corrected chi connectivity index (χ2v) is 5.78. The molecule has 0 aromatic carbocycles. The van der Waals surface area contributed by atoms with E-state index in [0.29, 0.717) is 29.2 Å². The summed E-state index contributed by atoms with van der Waals surface area (Å²) >= 11 is 5.94. The number of pyridine rings is 1. The fraction of sp³-hybridized carbons (Fsp3) is 0.250. The maximum Gasteiger partial charge on any atom is 0.248 e. The first-order valence-electron chi connectivity index (χ1n) is 7.61. The molecule has 0 radical (unpaired) electrons. The van der Waals surface area contributed by atoms with E-state index in [0.717, 1.165) is 5.56 Å². The highest BCUT2D eigenvalue weighted by Gasteiger charge is 2.05. The summed E-state index contributed by atoms with van der Waals surface area (Å²) in [6.07, 6.45) is 7.22. The molecule has 0 saturated heterocycles. The lowest BCUT2D eigenvalue weighted by atomic mass is 10.2. The number of halogens is 1. The van der Waals surface area contributed by atoms with Crippen molar-refractivity contribution in [1.82, 2.24) is 24.9 Å². The van der Waals surface area contributed by atoms with Gasteiger partial charge in [0.25, 0.3) is 0 Å². The van der Waals surface area contributed by atoms with Gasteiger partial charge < -0.3 is 15.0 Å². The first-order valence-corrected chi connectivity index (χ1v) is 7.99. The molecule has 0 bridgehead atoms. The number of H-pyrrole nitrogens is 1. The predicted molar refractivity (Wildman–Crippen MR) is 91.4 cm³/mol. The van der Waals surface area contributed by atoms with Gasteiger partial charge in [-0.1, -0.05) is 11.6 Å². The Bertz CT molecular complexity index is 937. The molecule has 8 nitrogen and oxygen atoms in total. The van der Waals surface area contributed by atoms with Crippen LogP contribution < -0.4 is 10.9 Å². The quantitative estimate of drug-likeness (QED) is 0.652. The van der Waals surface area contributed by atoms with Crippen LogP contribution in [-0.4, -0.2) is 38.6 Å². The number of fused-ring (bicyclic) bond motifs is 1. The van der Waals surface area contributed by atoms with Crippen molar-refractivity contribution < 1.29 is 9.53 Å². The van der Waals surface area contributed by atoms with E-state index in [1.54, 1.807) is 23.0 Å². The molecule has 0 aliphatic carbocycles. The summed E-state index contributed by atoms with van der Waals surface area (Å²) < 4.78 is 6.90. The minimum Gasteiger partial charge on any atom is -0.367 e. The van der Waals surface area contributed by atoms with E-state index < -0.39 is 0 Å². The molecule has 0 saturated carbocycles. The van der Waals surface area contributed by atoms with Crippen LogP contribution in [-0.2, 0) is 22.6 Å². The third kappa shape index (κ3) is 4.65. The van der Waals surface area contributed by atoms with Gasteiger partial charge in [0.2, 0.25) is 11.5 Å². The van der Waals surface area contributed by atoms with E-state index in [1.165, 1.54) is 12.3 Å². The molecule has 0 spiro atoms. The Kier molecular flexibility index (Phi) is 5.42. The smallest absolute Gasteiger partial charge is 0.248 e. The van der Waals surface area contributed by atoms with E-state index >= 15 is 0 Å². The van der Waals surface area contributed by atoms with Crippen LogP contribution in [0.1, 0.15) is 11.1 Å². The number of hydrogen-bond donors (Lipinski definition) is 2. The van der Waals surface area contributed by atoms with Crippen LogP contribution in [0.2, 0.25) is 5.02 Å². The molecule has 0 aliphatic rings. The van der Waals surface area contributed by atoms with Crippen LogP contribution in [0.25, 0.3) is 5.65 Å². The highest BCUT2D eigenvalue weighted by atomic mass is 35.5. The molecular formula is C16H16ClN5O3. The Labute approximate surface area is 147 Å². The molecule has 25 heavy (non-hydrogen) atoms. The molecule has 1 amide bonds. The highest BCUT2D eigenvalue weighted by Crippen LogP contribution is 2.14. The van der Waals surface area contributed by atoms with Crippen LogP contribution in [0.3, 0.4) is 0 Å². The topological polar surface area (TPSA) is 101 Å². The summed E-state index contributed by atoms with van der Waals surface area (Å²) in [6, 6.07) is 3.16. The number of rotatable bonds is 7. The predicted octanol–water partition coefficient (Wildman–Crippen LogP) is 0.947. The SMILES string of the molecule is O=C(COCc1cc[nH]c(=O)c1)NCCc1cnc2c(Cl)cnn2c1. The van der Waals surface area contributed by atoms with Crippen molar-refractivity contribution >= 4 is 23.2 Å². The van der Waals surface area contributed by atoms with Gasteiger partial charge in [-0.15, -0.1) is 0 Å². The number of carbonyl (C=O) groups excluding carboxylic acids is 1. The molecule has 3 aromatic heterocycles. The van der Waals surface area contributed by atoms with Gasteiger partial charge >= 0.3 is 0 Å². The summed E-state index contributed by atoms with van der Waals surface area (Å²) in [5.41, 5.74) is 2.04.